The summed E-state index contributed by atoms with van der Waals surface area (Å²) in [5.74, 6) is 0. The van der Waals surface area contributed by atoms with Crippen molar-refractivity contribution in [3.05, 3.63) is 5.21 Å². The first-order valence-electron chi connectivity index (χ1n) is 1.81. The van der Waals surface area contributed by atoms with E-state index in [9.17, 15) is 5.21 Å². The number of quaternary nitrogens is 1. The van der Waals surface area contributed by atoms with Gasteiger partial charge in [0.2, 0.25) is 0 Å². The van der Waals surface area contributed by atoms with Crippen molar-refractivity contribution < 1.29 is 24.9 Å². The standard InChI is InChI=1S/C2H7I2N2O/c1-2-4-6(7)5-3/h5-6H,2H2,1H3/q-1. The maximum atomic E-state index is 10.3. The summed E-state index contributed by atoms with van der Waals surface area (Å²) in [4.78, 5) is 0. The molecule has 0 aliphatic carbocycles. The maximum absolute atomic E-state index is 10.3. The molecular formula is C2H7I2N2O-. The molecule has 2 N–H and O–H groups in total. The number of rotatable bonds is 3. The fourth-order valence-electron chi connectivity index (χ4n) is 0.147. The van der Waals surface area contributed by atoms with Crippen LogP contribution in [0.5, 0.6) is 0 Å². The summed E-state index contributed by atoms with van der Waals surface area (Å²) in [7, 11) is 0. The minimum atomic E-state index is -0.192. The summed E-state index contributed by atoms with van der Waals surface area (Å²) >= 11 is 1.67. The third-order valence-corrected chi connectivity index (χ3v) is 3.58. The molecule has 0 aromatic heterocycles. The zero-order valence-corrected chi connectivity index (χ0v) is 8.19. The first-order chi connectivity index (χ1) is 3.31. The van der Waals surface area contributed by atoms with Gasteiger partial charge in [0, 0.05) is 0 Å². The Morgan fingerprint density at radius 2 is 2.57 bits per heavy atom. The molecule has 5 heteroatoms. The fourth-order valence-corrected chi connectivity index (χ4v) is 1.95. The van der Waals surface area contributed by atoms with Crippen LogP contribution in [0.3, 0.4) is 0 Å². The van der Waals surface area contributed by atoms with Gasteiger partial charge in [-0.2, -0.15) is 0 Å². The van der Waals surface area contributed by atoms with Gasteiger partial charge >= 0.3 is 67.9 Å². The number of hydrogen-bond acceptors (Lipinski definition) is 2. The van der Waals surface area contributed by atoms with Gasteiger partial charge in [-0.05, 0) is 0 Å². The van der Waals surface area contributed by atoms with Crippen LogP contribution in [0.15, 0.2) is 0 Å². The first kappa shape index (κ1) is 8.34. The number of nitrogens with one attached hydrogen (secondary N) is 2. The van der Waals surface area contributed by atoms with Crippen molar-refractivity contribution in [3.63, 3.8) is 0 Å². The predicted molar refractivity (Wildman–Crippen MR) is 32.0 cm³/mol. The molecule has 0 heterocycles. The van der Waals surface area contributed by atoms with Crippen molar-refractivity contribution in [1.29, 1.82) is 0 Å². The molecule has 0 aromatic rings. The summed E-state index contributed by atoms with van der Waals surface area (Å²) in [6.45, 7) is 2.03. The van der Waals surface area contributed by atoms with Crippen molar-refractivity contribution in [3.8, 4) is 0 Å². The van der Waals surface area contributed by atoms with Crippen LogP contribution < -0.4 is 28.5 Å². The molecule has 0 spiro atoms. The van der Waals surface area contributed by atoms with Crippen LogP contribution in [-0.4, -0.2) is 4.43 Å². The van der Waals surface area contributed by atoms with Gasteiger partial charge in [-0.25, -0.2) is 0 Å². The quantitative estimate of drug-likeness (QED) is 0.242. The van der Waals surface area contributed by atoms with Crippen molar-refractivity contribution >= 4 is 22.9 Å². The van der Waals surface area contributed by atoms with Crippen LogP contribution in [0.2, 0.25) is 0 Å². The molecule has 1 unspecified atom stereocenters. The van der Waals surface area contributed by atoms with Gasteiger partial charge in [0.15, 0.2) is 0 Å². The molecule has 0 rings (SSSR count). The van der Waals surface area contributed by atoms with Crippen molar-refractivity contribution in [2.75, 3.05) is 4.43 Å². The van der Waals surface area contributed by atoms with Gasteiger partial charge in [-0.3, -0.25) is 0 Å². The molecule has 0 aromatic carbocycles. The summed E-state index contributed by atoms with van der Waals surface area (Å²) in [5.41, 5.74) is 0. The average Bonchev–Trinajstić information content (AvgIpc) is 1.68. The van der Waals surface area contributed by atoms with E-state index >= 15 is 0 Å². The normalized spacial score (nSPS) is 14.7. The zero-order valence-electron chi connectivity index (χ0n) is 3.87. The molecule has 7 heavy (non-hydrogen) atoms. The van der Waals surface area contributed by atoms with E-state index in [-0.39, 0.29) is 24.9 Å². The van der Waals surface area contributed by atoms with Crippen LogP contribution in [0.4, 0.5) is 0 Å². The first-order valence-corrected chi connectivity index (χ1v) is 5.49. The van der Waals surface area contributed by atoms with Crippen molar-refractivity contribution in [2.24, 2.45) is 0 Å². The molecule has 0 aliphatic heterocycles. The van der Waals surface area contributed by atoms with Crippen LogP contribution in [0, 0.1) is 5.21 Å². The van der Waals surface area contributed by atoms with E-state index in [1.54, 1.807) is 0 Å². The second-order valence-corrected chi connectivity index (χ2v) is 4.58. The summed E-state index contributed by atoms with van der Waals surface area (Å²) < 4.78 is 3.81. The second-order valence-electron chi connectivity index (χ2n) is 0.769. The predicted octanol–water partition coefficient (Wildman–Crippen LogP) is -3.75. The van der Waals surface area contributed by atoms with Gasteiger partial charge in [0.25, 0.3) is 0 Å². The number of alkyl halides is 1. The molecule has 0 saturated carbocycles. The van der Waals surface area contributed by atoms with Gasteiger partial charge in [0.1, 0.15) is 0 Å². The van der Waals surface area contributed by atoms with Gasteiger partial charge in [-0.1, -0.05) is 0 Å². The Balaban J connectivity index is 2.83. The molecule has 0 amide bonds. The Morgan fingerprint density at radius 3 is 2.71 bits per heavy atom. The van der Waals surface area contributed by atoms with Gasteiger partial charge in [-0.15, -0.1) is 0 Å². The Hall–Kier alpha value is 1.34. The van der Waals surface area contributed by atoms with Crippen LogP contribution in [0.25, 0.3) is 0 Å². The van der Waals surface area contributed by atoms with E-state index in [2.05, 4.69) is 3.64 Å². The molecule has 0 fully saturated rings. The topological polar surface area (TPSA) is 39.5 Å². The van der Waals surface area contributed by atoms with E-state index in [1.807, 2.05) is 29.8 Å². The summed E-state index contributed by atoms with van der Waals surface area (Å²) in [5, 5.41) is 10.3. The van der Waals surface area contributed by atoms with E-state index in [1.165, 1.54) is 0 Å². The average molecular weight is 329 g/mol. The molecule has 0 radical (unpaired) electrons. The van der Waals surface area contributed by atoms with Crippen LogP contribution in [0.1, 0.15) is 6.92 Å². The molecule has 46 valence electrons. The van der Waals surface area contributed by atoms with E-state index < -0.39 is 0 Å². The minimum absolute atomic E-state index is 0.192. The molecule has 1 atom stereocenters. The molecule has 0 bridgehead atoms. The van der Waals surface area contributed by atoms with Gasteiger partial charge in [0.05, 0.1) is 0 Å². The summed E-state index contributed by atoms with van der Waals surface area (Å²) in [6.07, 6.45) is 0. The molecule has 0 aliphatic rings. The number of halogens is 2. The van der Waals surface area contributed by atoms with Crippen LogP contribution in [-0.2, 0) is 0 Å². The fraction of sp³-hybridized carbons (Fsp3) is 1.00. The molecule has 3 nitrogen and oxygen atoms in total. The second kappa shape index (κ2) is 5.48. The van der Waals surface area contributed by atoms with Gasteiger partial charge < -0.3 is 0 Å². The third-order valence-electron chi connectivity index (χ3n) is 0.329. The Bertz CT molecular complexity index is 44.7. The Labute approximate surface area is 67.5 Å². The SMILES string of the molecule is CC[I-][NH+]([O-])NI. The molecule has 0 saturated heterocycles. The van der Waals surface area contributed by atoms with E-state index in [4.69, 9.17) is 0 Å². The monoisotopic (exact) mass is 329 g/mol. The van der Waals surface area contributed by atoms with E-state index in [0.717, 1.165) is 4.43 Å². The number of hydrogen-bond donors (Lipinski definition) is 2. The van der Waals surface area contributed by atoms with Crippen molar-refractivity contribution in [2.45, 2.75) is 6.92 Å². The molecular weight excluding hydrogens is 322 g/mol. The Kier molecular flexibility index (Phi) is 6.52. The van der Waals surface area contributed by atoms with Crippen LogP contribution >= 0.6 is 22.9 Å². The Morgan fingerprint density at radius 1 is 2.00 bits per heavy atom. The third kappa shape index (κ3) is 5.21. The van der Waals surface area contributed by atoms with E-state index in [0.29, 0.717) is 0 Å². The van der Waals surface area contributed by atoms with Crippen molar-refractivity contribution in [1.82, 2.24) is 3.64 Å². The zero-order chi connectivity index (χ0) is 5.70. The summed E-state index contributed by atoms with van der Waals surface area (Å²) in [6, 6.07) is 0.